The van der Waals surface area contributed by atoms with E-state index in [0.29, 0.717) is 24.8 Å². The predicted octanol–water partition coefficient (Wildman–Crippen LogP) is 2.58. The molecular formula is C19H22ClN5O. The molecule has 136 valence electrons. The first kappa shape index (κ1) is 18.4. The number of nitrogens with zero attached hydrogens (tertiary/aromatic N) is 4. The van der Waals surface area contributed by atoms with Gasteiger partial charge in [0.1, 0.15) is 5.69 Å². The van der Waals surface area contributed by atoms with Gasteiger partial charge in [0, 0.05) is 31.1 Å². The number of halogens is 1. The first-order valence-corrected chi connectivity index (χ1v) is 8.58. The van der Waals surface area contributed by atoms with Gasteiger partial charge in [0.05, 0.1) is 11.4 Å². The van der Waals surface area contributed by atoms with Crippen LogP contribution in [0, 0.1) is 6.92 Å². The maximum Gasteiger partial charge on any atom is 0.272 e. The zero-order chi connectivity index (χ0) is 17.4. The Morgan fingerprint density at radius 2 is 1.96 bits per heavy atom. The molecule has 1 fully saturated rings. The molecule has 0 bridgehead atoms. The molecule has 0 aliphatic carbocycles. The van der Waals surface area contributed by atoms with Crippen LogP contribution in [-0.4, -0.2) is 51.2 Å². The molecule has 1 saturated heterocycles. The summed E-state index contributed by atoms with van der Waals surface area (Å²) < 4.78 is 1.81. The van der Waals surface area contributed by atoms with Gasteiger partial charge in [-0.1, -0.05) is 18.2 Å². The molecule has 2 aromatic heterocycles. The Labute approximate surface area is 158 Å². The van der Waals surface area contributed by atoms with Crippen molar-refractivity contribution in [1.29, 1.82) is 0 Å². The molecule has 3 heterocycles. The average Bonchev–Trinajstić information content (AvgIpc) is 2.98. The van der Waals surface area contributed by atoms with Gasteiger partial charge in [0.2, 0.25) is 0 Å². The number of nitrogens with one attached hydrogen (secondary N) is 1. The number of amides is 1. The SMILES string of the molecule is Cc1nn(-c2ccccc2)c2nc(C(=O)N3CCN[C@H](C)C3)ccc12.Cl. The van der Waals surface area contributed by atoms with Crippen molar-refractivity contribution < 1.29 is 4.79 Å². The summed E-state index contributed by atoms with van der Waals surface area (Å²) in [6.07, 6.45) is 0. The summed E-state index contributed by atoms with van der Waals surface area (Å²) >= 11 is 0. The van der Waals surface area contributed by atoms with Crippen LogP contribution >= 0.6 is 12.4 Å². The zero-order valence-corrected chi connectivity index (χ0v) is 15.7. The maximum atomic E-state index is 12.8. The molecule has 1 aliphatic rings. The van der Waals surface area contributed by atoms with Gasteiger partial charge >= 0.3 is 0 Å². The third kappa shape index (κ3) is 3.30. The van der Waals surface area contributed by atoms with Crippen molar-refractivity contribution in [1.82, 2.24) is 25.0 Å². The van der Waals surface area contributed by atoms with Crippen LogP contribution < -0.4 is 5.32 Å². The van der Waals surface area contributed by atoms with E-state index >= 15 is 0 Å². The molecule has 26 heavy (non-hydrogen) atoms. The van der Waals surface area contributed by atoms with Gasteiger partial charge in [0.15, 0.2) is 5.65 Å². The highest BCUT2D eigenvalue weighted by molar-refractivity contribution is 5.95. The molecule has 1 atom stereocenters. The number of aromatic nitrogens is 3. The Morgan fingerprint density at radius 3 is 2.69 bits per heavy atom. The highest BCUT2D eigenvalue weighted by atomic mass is 35.5. The molecule has 1 amide bonds. The monoisotopic (exact) mass is 371 g/mol. The molecule has 0 spiro atoms. The lowest BCUT2D eigenvalue weighted by Gasteiger charge is -2.31. The highest BCUT2D eigenvalue weighted by Crippen LogP contribution is 2.21. The van der Waals surface area contributed by atoms with E-state index in [1.165, 1.54) is 0 Å². The maximum absolute atomic E-state index is 12.8. The van der Waals surface area contributed by atoms with Gasteiger partial charge < -0.3 is 10.2 Å². The summed E-state index contributed by atoms with van der Waals surface area (Å²) in [6.45, 7) is 6.28. The molecule has 4 rings (SSSR count). The van der Waals surface area contributed by atoms with Crippen molar-refractivity contribution in [2.75, 3.05) is 19.6 Å². The van der Waals surface area contributed by atoms with Crippen LogP contribution in [0.2, 0.25) is 0 Å². The van der Waals surface area contributed by atoms with Crippen LogP contribution in [0.1, 0.15) is 23.1 Å². The van der Waals surface area contributed by atoms with Crippen molar-refractivity contribution in [2.24, 2.45) is 0 Å². The number of rotatable bonds is 2. The molecule has 3 aromatic rings. The van der Waals surface area contributed by atoms with Gasteiger partial charge in [-0.3, -0.25) is 4.79 Å². The second-order valence-corrected chi connectivity index (χ2v) is 6.51. The fraction of sp³-hybridized carbons (Fsp3) is 0.316. The number of benzene rings is 1. The molecular weight excluding hydrogens is 350 g/mol. The molecule has 6 nitrogen and oxygen atoms in total. The van der Waals surface area contributed by atoms with Gasteiger partial charge in [0.25, 0.3) is 5.91 Å². The van der Waals surface area contributed by atoms with Crippen LogP contribution in [-0.2, 0) is 0 Å². The number of pyridine rings is 1. The van der Waals surface area contributed by atoms with E-state index in [-0.39, 0.29) is 18.3 Å². The average molecular weight is 372 g/mol. The number of para-hydroxylation sites is 1. The van der Waals surface area contributed by atoms with E-state index in [0.717, 1.165) is 29.0 Å². The summed E-state index contributed by atoms with van der Waals surface area (Å²) in [6, 6.07) is 13.9. The smallest absolute Gasteiger partial charge is 0.272 e. The van der Waals surface area contributed by atoms with E-state index in [2.05, 4.69) is 22.3 Å². The summed E-state index contributed by atoms with van der Waals surface area (Å²) in [5.74, 6) is -0.0197. The number of hydrogen-bond acceptors (Lipinski definition) is 4. The van der Waals surface area contributed by atoms with Crippen molar-refractivity contribution in [2.45, 2.75) is 19.9 Å². The van der Waals surface area contributed by atoms with Crippen molar-refractivity contribution in [3.8, 4) is 5.69 Å². The van der Waals surface area contributed by atoms with Gasteiger partial charge in [-0.25, -0.2) is 9.67 Å². The number of carbonyl (C=O) groups is 1. The summed E-state index contributed by atoms with van der Waals surface area (Å²) in [7, 11) is 0. The first-order valence-electron chi connectivity index (χ1n) is 8.58. The van der Waals surface area contributed by atoms with Gasteiger partial charge in [-0.2, -0.15) is 5.10 Å². The fourth-order valence-electron chi connectivity index (χ4n) is 3.29. The van der Waals surface area contributed by atoms with E-state index in [1.54, 1.807) is 6.07 Å². The quantitative estimate of drug-likeness (QED) is 0.752. The lowest BCUT2D eigenvalue weighted by Crippen LogP contribution is -2.51. The number of aryl methyl sites for hydroxylation is 1. The highest BCUT2D eigenvalue weighted by Gasteiger charge is 2.23. The first-order chi connectivity index (χ1) is 12.1. The third-order valence-electron chi connectivity index (χ3n) is 4.59. The molecule has 7 heteroatoms. The Morgan fingerprint density at radius 1 is 1.19 bits per heavy atom. The van der Waals surface area contributed by atoms with Crippen LogP contribution in [0.3, 0.4) is 0 Å². The summed E-state index contributed by atoms with van der Waals surface area (Å²) in [5, 5.41) is 8.92. The zero-order valence-electron chi connectivity index (χ0n) is 14.8. The molecule has 0 radical (unpaired) electrons. The van der Waals surface area contributed by atoms with Crippen molar-refractivity contribution in [3.05, 3.63) is 53.9 Å². The minimum atomic E-state index is -0.0197. The van der Waals surface area contributed by atoms with E-state index in [4.69, 9.17) is 0 Å². The number of fused-ring (bicyclic) bond motifs is 1. The normalized spacial score (nSPS) is 17.2. The minimum Gasteiger partial charge on any atom is -0.334 e. The van der Waals surface area contributed by atoms with E-state index in [9.17, 15) is 4.79 Å². The van der Waals surface area contributed by atoms with Crippen LogP contribution in [0.4, 0.5) is 0 Å². The lowest BCUT2D eigenvalue weighted by atomic mass is 10.2. The molecule has 0 saturated carbocycles. The molecule has 1 aliphatic heterocycles. The standard InChI is InChI=1S/C19H21N5O.ClH/c1-13-12-23(11-10-20-13)19(25)17-9-8-16-14(2)22-24(18(16)21-17)15-6-4-3-5-7-15;/h3-9,13,20H,10-12H2,1-2H3;1H/t13-;/m1./s1. The van der Waals surface area contributed by atoms with E-state index < -0.39 is 0 Å². The Bertz CT molecular complexity index is 924. The molecule has 1 N–H and O–H groups in total. The predicted molar refractivity (Wildman–Crippen MR) is 104 cm³/mol. The largest absolute Gasteiger partial charge is 0.334 e. The van der Waals surface area contributed by atoms with E-state index in [1.807, 2.05) is 52.9 Å². The molecule has 1 aromatic carbocycles. The van der Waals surface area contributed by atoms with Crippen molar-refractivity contribution in [3.63, 3.8) is 0 Å². The Kier molecular flexibility index (Phi) is 5.25. The second-order valence-electron chi connectivity index (χ2n) is 6.51. The topological polar surface area (TPSA) is 63.1 Å². The number of hydrogen-bond donors (Lipinski definition) is 1. The van der Waals surface area contributed by atoms with Crippen LogP contribution in [0.25, 0.3) is 16.7 Å². The Balaban J connectivity index is 0.00000196. The Hall–Kier alpha value is -2.44. The second kappa shape index (κ2) is 7.43. The van der Waals surface area contributed by atoms with Gasteiger partial charge in [-0.05, 0) is 38.1 Å². The minimum absolute atomic E-state index is 0. The molecule has 0 unspecified atom stereocenters. The van der Waals surface area contributed by atoms with Gasteiger partial charge in [-0.15, -0.1) is 12.4 Å². The summed E-state index contributed by atoms with van der Waals surface area (Å²) in [4.78, 5) is 19.4. The van der Waals surface area contributed by atoms with Crippen LogP contribution in [0.15, 0.2) is 42.5 Å². The number of piperazine rings is 1. The third-order valence-corrected chi connectivity index (χ3v) is 4.59. The number of carbonyl (C=O) groups excluding carboxylic acids is 1. The fourth-order valence-corrected chi connectivity index (χ4v) is 3.29. The van der Waals surface area contributed by atoms with Crippen molar-refractivity contribution >= 4 is 29.3 Å². The summed E-state index contributed by atoms with van der Waals surface area (Å²) in [5.41, 5.74) is 3.03. The van der Waals surface area contributed by atoms with Crippen LogP contribution in [0.5, 0.6) is 0 Å². The lowest BCUT2D eigenvalue weighted by molar-refractivity contribution is 0.0703.